The minimum absolute atomic E-state index is 0.189. The van der Waals surface area contributed by atoms with Crippen LogP contribution in [-0.2, 0) is 22.6 Å². The van der Waals surface area contributed by atoms with Crippen molar-refractivity contribution in [3.05, 3.63) is 65.7 Å². The van der Waals surface area contributed by atoms with E-state index in [9.17, 15) is 9.59 Å². The van der Waals surface area contributed by atoms with Gasteiger partial charge in [0, 0.05) is 6.04 Å². The molecule has 2 N–H and O–H groups in total. The van der Waals surface area contributed by atoms with Crippen LogP contribution in [0.5, 0.6) is 5.75 Å². The van der Waals surface area contributed by atoms with Crippen LogP contribution in [0, 0.1) is 0 Å². The number of alkyl carbamates (subject to hydrolysis) is 1. The fourth-order valence-corrected chi connectivity index (χ4v) is 2.61. The first-order valence-corrected chi connectivity index (χ1v) is 9.18. The average Bonchev–Trinajstić information content (AvgIpc) is 2.59. The summed E-state index contributed by atoms with van der Waals surface area (Å²) in [5.74, 6) is -0.258. The number of rotatable bonds is 8. The molecule has 0 saturated heterocycles. The summed E-state index contributed by atoms with van der Waals surface area (Å²) in [6.07, 6.45) is -0.433. The van der Waals surface area contributed by atoms with Crippen LogP contribution in [0.4, 0.5) is 4.79 Å². The summed E-state index contributed by atoms with van der Waals surface area (Å²) in [6, 6.07) is 16.7. The second-order valence-electron chi connectivity index (χ2n) is 7.56. The highest BCUT2D eigenvalue weighted by Gasteiger charge is 2.21. The number of nitrogens with one attached hydrogen (secondary N) is 1. The molecule has 0 aliphatic carbocycles. The molecule has 0 saturated carbocycles. The van der Waals surface area contributed by atoms with Gasteiger partial charge in [0.15, 0.2) is 0 Å². The number of amides is 1. The number of hydrogen-bond acceptors (Lipinski definition) is 4. The molecule has 0 unspecified atom stereocenters. The Bertz CT molecular complexity index is 766. The number of ether oxygens (including phenoxy) is 2. The Balaban J connectivity index is 1.93. The molecule has 2 rings (SSSR count). The summed E-state index contributed by atoms with van der Waals surface area (Å²) >= 11 is 0. The highest BCUT2D eigenvalue weighted by atomic mass is 16.6. The Morgan fingerprint density at radius 1 is 1.00 bits per heavy atom. The fourth-order valence-electron chi connectivity index (χ4n) is 2.61. The van der Waals surface area contributed by atoms with Gasteiger partial charge in [-0.1, -0.05) is 42.5 Å². The predicted molar refractivity (Wildman–Crippen MR) is 106 cm³/mol. The summed E-state index contributed by atoms with van der Waals surface area (Å²) in [5, 5.41) is 11.8. The number of carboxylic acids is 1. The van der Waals surface area contributed by atoms with Gasteiger partial charge in [-0.05, 0) is 50.5 Å². The van der Waals surface area contributed by atoms with Crippen LogP contribution < -0.4 is 10.1 Å². The number of carboxylic acid groups (broad SMARTS) is 1. The van der Waals surface area contributed by atoms with Crippen LogP contribution in [0.15, 0.2) is 54.6 Å². The molecule has 0 radical (unpaired) electrons. The van der Waals surface area contributed by atoms with Crippen molar-refractivity contribution in [1.29, 1.82) is 0 Å². The van der Waals surface area contributed by atoms with Crippen molar-refractivity contribution in [3.63, 3.8) is 0 Å². The van der Waals surface area contributed by atoms with Crippen molar-refractivity contribution in [2.24, 2.45) is 0 Å². The monoisotopic (exact) mass is 385 g/mol. The Hall–Kier alpha value is -3.02. The highest BCUT2D eigenvalue weighted by Crippen LogP contribution is 2.16. The minimum atomic E-state index is -0.983. The molecule has 0 aliphatic heterocycles. The molecular weight excluding hydrogens is 358 g/mol. The number of carbonyl (C=O) groups is 2. The zero-order valence-electron chi connectivity index (χ0n) is 16.5. The van der Waals surface area contributed by atoms with Gasteiger partial charge in [-0.2, -0.15) is 0 Å². The van der Waals surface area contributed by atoms with E-state index >= 15 is 0 Å². The molecule has 2 aromatic carbocycles. The lowest BCUT2D eigenvalue weighted by Gasteiger charge is -2.23. The Morgan fingerprint density at radius 2 is 1.64 bits per heavy atom. The molecule has 0 heterocycles. The number of aliphatic carboxylic acids is 1. The molecule has 0 aromatic heterocycles. The molecule has 1 atom stereocenters. The smallest absolute Gasteiger partial charge is 0.407 e. The zero-order chi connectivity index (χ0) is 20.6. The summed E-state index contributed by atoms with van der Waals surface area (Å²) in [7, 11) is 0. The second kappa shape index (κ2) is 9.78. The van der Waals surface area contributed by atoms with Crippen molar-refractivity contribution in [1.82, 2.24) is 5.32 Å². The summed E-state index contributed by atoms with van der Waals surface area (Å²) in [5.41, 5.74) is 1.33. The predicted octanol–water partition coefficient (Wildman–Crippen LogP) is 4.18. The SMILES string of the molecule is CC(C)(C)OC(=O)N[C@H](CC(=O)O)Cc1ccc(OCc2ccccc2)cc1. The minimum Gasteiger partial charge on any atom is -0.489 e. The third kappa shape index (κ3) is 8.12. The molecule has 0 spiro atoms. The van der Waals surface area contributed by atoms with Gasteiger partial charge in [-0.15, -0.1) is 0 Å². The average molecular weight is 385 g/mol. The van der Waals surface area contributed by atoms with E-state index in [1.807, 2.05) is 54.6 Å². The van der Waals surface area contributed by atoms with E-state index in [0.717, 1.165) is 16.9 Å². The molecular formula is C22H27NO5. The van der Waals surface area contributed by atoms with E-state index in [1.54, 1.807) is 20.8 Å². The Kier molecular flexibility index (Phi) is 7.44. The van der Waals surface area contributed by atoms with Gasteiger partial charge in [-0.25, -0.2) is 4.79 Å². The van der Waals surface area contributed by atoms with Gasteiger partial charge in [0.2, 0.25) is 0 Å². The largest absolute Gasteiger partial charge is 0.489 e. The summed E-state index contributed by atoms with van der Waals surface area (Å²) < 4.78 is 11.0. The quantitative estimate of drug-likeness (QED) is 0.712. The molecule has 150 valence electrons. The Morgan fingerprint density at radius 3 is 2.21 bits per heavy atom. The van der Waals surface area contributed by atoms with Crippen LogP contribution in [0.25, 0.3) is 0 Å². The van der Waals surface area contributed by atoms with Crippen molar-refractivity contribution >= 4 is 12.1 Å². The maximum Gasteiger partial charge on any atom is 0.407 e. The highest BCUT2D eigenvalue weighted by molar-refractivity contribution is 5.71. The van der Waals surface area contributed by atoms with Crippen molar-refractivity contribution in [3.8, 4) is 5.75 Å². The second-order valence-corrected chi connectivity index (χ2v) is 7.56. The van der Waals surface area contributed by atoms with E-state index in [-0.39, 0.29) is 6.42 Å². The summed E-state index contributed by atoms with van der Waals surface area (Å²) in [6.45, 7) is 5.74. The molecule has 0 aliphatic rings. The molecule has 0 bridgehead atoms. The van der Waals surface area contributed by atoms with Gasteiger partial charge in [0.1, 0.15) is 18.0 Å². The van der Waals surface area contributed by atoms with Gasteiger partial charge in [0.05, 0.1) is 6.42 Å². The first-order valence-electron chi connectivity index (χ1n) is 9.18. The van der Waals surface area contributed by atoms with Crippen LogP contribution in [0.2, 0.25) is 0 Å². The number of carbonyl (C=O) groups excluding carboxylic acids is 1. The van der Waals surface area contributed by atoms with Gasteiger partial charge >= 0.3 is 12.1 Å². The molecule has 0 fully saturated rings. The topological polar surface area (TPSA) is 84.9 Å². The van der Waals surface area contributed by atoms with Gasteiger partial charge in [-0.3, -0.25) is 4.79 Å². The number of hydrogen-bond donors (Lipinski definition) is 2. The first-order chi connectivity index (χ1) is 13.2. The van der Waals surface area contributed by atoms with Crippen molar-refractivity contribution < 1.29 is 24.2 Å². The van der Waals surface area contributed by atoms with E-state index in [2.05, 4.69) is 5.32 Å². The summed E-state index contributed by atoms with van der Waals surface area (Å²) in [4.78, 5) is 23.1. The van der Waals surface area contributed by atoms with Crippen molar-refractivity contribution in [2.75, 3.05) is 0 Å². The fraction of sp³-hybridized carbons (Fsp3) is 0.364. The molecule has 1 amide bonds. The Labute approximate surface area is 165 Å². The molecule has 2 aromatic rings. The third-order valence-corrected chi connectivity index (χ3v) is 3.80. The van der Waals surface area contributed by atoms with Crippen LogP contribution >= 0.6 is 0 Å². The third-order valence-electron chi connectivity index (χ3n) is 3.80. The lowest BCUT2D eigenvalue weighted by molar-refractivity contribution is -0.137. The number of benzene rings is 2. The normalized spacial score (nSPS) is 12.1. The molecule has 28 heavy (non-hydrogen) atoms. The van der Waals surface area contributed by atoms with Crippen LogP contribution in [0.1, 0.15) is 38.3 Å². The van der Waals surface area contributed by atoms with E-state index in [0.29, 0.717) is 13.0 Å². The zero-order valence-corrected chi connectivity index (χ0v) is 16.5. The standard InChI is InChI=1S/C22H27NO5/c1-22(2,3)28-21(26)23-18(14-20(24)25)13-16-9-11-19(12-10-16)27-15-17-7-5-4-6-8-17/h4-12,18H,13-15H2,1-3H3,(H,23,26)(H,24,25)/t18-/m0/s1. The maximum atomic E-state index is 12.0. The van der Waals surface area contributed by atoms with E-state index in [1.165, 1.54) is 0 Å². The molecule has 6 nitrogen and oxygen atoms in total. The maximum absolute atomic E-state index is 12.0. The first kappa shape index (κ1) is 21.3. The van der Waals surface area contributed by atoms with Crippen LogP contribution in [0.3, 0.4) is 0 Å². The van der Waals surface area contributed by atoms with Crippen LogP contribution in [-0.4, -0.2) is 28.8 Å². The molecule has 6 heteroatoms. The van der Waals surface area contributed by atoms with Gasteiger partial charge < -0.3 is 19.9 Å². The lowest BCUT2D eigenvalue weighted by atomic mass is 10.0. The van der Waals surface area contributed by atoms with E-state index < -0.39 is 23.7 Å². The van der Waals surface area contributed by atoms with Gasteiger partial charge in [0.25, 0.3) is 0 Å². The lowest BCUT2D eigenvalue weighted by Crippen LogP contribution is -2.41. The van der Waals surface area contributed by atoms with E-state index in [4.69, 9.17) is 14.6 Å². The van der Waals surface area contributed by atoms with Crippen molar-refractivity contribution in [2.45, 2.75) is 51.9 Å².